The number of allylic oxidation sites excluding steroid dienone is 2. The summed E-state index contributed by atoms with van der Waals surface area (Å²) in [4.78, 5) is 100. The maximum atomic E-state index is 15.3. The first-order valence-electron chi connectivity index (χ1n) is 33.7. The Labute approximate surface area is 603 Å². The van der Waals surface area contributed by atoms with Crippen LogP contribution in [0.4, 0.5) is 30.7 Å². The number of alkyl halides is 5. The average molecular weight is 1500 g/mol. The maximum absolute atomic E-state index is 15.3. The average Bonchev–Trinajstić information content (AvgIpc) is 1.56. The van der Waals surface area contributed by atoms with Crippen molar-refractivity contribution < 1.29 is 54.7 Å². The smallest absolute Gasteiger partial charge is 0.335 e. The van der Waals surface area contributed by atoms with E-state index in [1.54, 1.807) is 49.6 Å². The fourth-order valence-electron chi connectivity index (χ4n) is 15.8. The van der Waals surface area contributed by atoms with Gasteiger partial charge in [-0.2, -0.15) is 13.2 Å². The van der Waals surface area contributed by atoms with E-state index in [0.717, 1.165) is 41.5 Å². The van der Waals surface area contributed by atoms with Crippen LogP contribution in [0.5, 0.6) is 0 Å². The predicted octanol–water partition coefficient (Wildman–Crippen LogP) is 13.7. The van der Waals surface area contributed by atoms with Crippen LogP contribution < -0.4 is 5.32 Å². The normalized spacial score (nSPS) is 28.8. The van der Waals surface area contributed by atoms with Crippen molar-refractivity contribution in [2.24, 2.45) is 21.8 Å². The number of likely N-dealkylation sites (tertiary alicyclic amines) is 2. The van der Waals surface area contributed by atoms with Gasteiger partial charge in [0.05, 0.1) is 40.8 Å². The number of rotatable bonds is 12. The van der Waals surface area contributed by atoms with Crippen molar-refractivity contribution in [3.8, 4) is 0 Å². The zero-order valence-electron chi connectivity index (χ0n) is 56.0. The highest BCUT2D eigenvalue weighted by Gasteiger charge is 2.63. The molecule has 0 radical (unpaired) electrons. The van der Waals surface area contributed by atoms with Crippen molar-refractivity contribution in [3.05, 3.63) is 149 Å². The van der Waals surface area contributed by atoms with E-state index in [-0.39, 0.29) is 101 Å². The number of aromatic nitrogens is 2. The van der Waals surface area contributed by atoms with Gasteiger partial charge in [-0.15, -0.1) is 0 Å². The number of carbonyl (C=O) groups is 5. The number of benzene rings is 2. The van der Waals surface area contributed by atoms with Gasteiger partial charge < -0.3 is 39.6 Å². The number of thioether (sulfide) groups is 2. The van der Waals surface area contributed by atoms with Crippen molar-refractivity contribution in [1.29, 1.82) is 0 Å². The number of piperazine rings is 2. The molecule has 100 heavy (non-hydrogen) atoms. The summed E-state index contributed by atoms with van der Waals surface area (Å²) in [6.07, 6.45) is -1.26. The SMILES string of the molecule is CC[C@@H]1CN(C(=O)C(F)(F)F)C2(CC2)CN1C(=O)[C@@H]1C[C@@H](F)CN1C(=O)C1=C(C(C)C)N2C(=N[C@@](C)(c3ccc(Cl)nc3)[C@H]2c2ccc(Cl)c(F)c2)S1.CC[C@@H]1CNC2(CC2)CN1C(=O)[C@@H]1C[C@@H](F)CN1C(=O)C1=C(C(C)C)N2C(=N[C@@](C)(c3ccc(Cl)nc3)[C@H]2c2ccc(Cl)c(F)c2)S1. The molecule has 6 fully saturated rings. The summed E-state index contributed by atoms with van der Waals surface area (Å²) in [6.45, 7) is 15.7. The highest BCUT2D eigenvalue weighted by molar-refractivity contribution is 8.18. The fraction of sp³-hybridized carbons (Fsp3) is 0.529. The molecular formula is C70H75Cl4F7N12O5S2. The summed E-state index contributed by atoms with van der Waals surface area (Å²) in [5, 5.41) is 5.16. The van der Waals surface area contributed by atoms with Gasteiger partial charge in [0.2, 0.25) is 11.8 Å². The number of nitrogens with zero attached hydrogens (tertiary/aromatic N) is 11. The molecule has 2 aromatic heterocycles. The first kappa shape index (κ1) is 72.2. The molecule has 0 bridgehead atoms. The van der Waals surface area contributed by atoms with Gasteiger partial charge in [0, 0.05) is 91.6 Å². The third-order valence-corrected chi connectivity index (χ3v) is 24.6. The van der Waals surface area contributed by atoms with Crippen molar-refractivity contribution in [2.75, 3.05) is 39.3 Å². The highest BCUT2D eigenvalue weighted by Crippen LogP contribution is 2.59. The van der Waals surface area contributed by atoms with E-state index in [0.29, 0.717) is 74.4 Å². The second-order valence-electron chi connectivity index (χ2n) is 28.6. The lowest BCUT2D eigenvalue weighted by Crippen LogP contribution is -2.66. The molecule has 4 aromatic rings. The fourth-order valence-corrected chi connectivity index (χ4v) is 19.0. The number of pyridine rings is 2. The number of fused-ring (bicyclic) bond motifs is 2. The molecular weight excluding hydrogens is 1430 g/mol. The minimum Gasteiger partial charge on any atom is -0.335 e. The molecule has 0 unspecified atom stereocenters. The Hall–Kier alpha value is -6.16. The van der Waals surface area contributed by atoms with Gasteiger partial charge in [0.1, 0.15) is 67.3 Å². The van der Waals surface area contributed by atoms with Crippen molar-refractivity contribution in [3.63, 3.8) is 0 Å². The summed E-state index contributed by atoms with van der Waals surface area (Å²) in [7, 11) is 0. The molecule has 30 heteroatoms. The lowest BCUT2D eigenvalue weighted by molar-refractivity contribution is -0.193. The zero-order chi connectivity index (χ0) is 71.8. The number of aliphatic imine (C=N–C) groups is 2. The molecule has 5 amide bonds. The molecule has 10 heterocycles. The second-order valence-corrected chi connectivity index (χ2v) is 32.2. The third kappa shape index (κ3) is 12.7. The number of hydrogen-bond acceptors (Lipinski definition) is 14. The molecule has 4 saturated heterocycles. The quantitative estimate of drug-likeness (QED) is 0.105. The Morgan fingerprint density at radius 2 is 1.05 bits per heavy atom. The molecule has 17 nitrogen and oxygen atoms in total. The Morgan fingerprint density at radius 1 is 0.610 bits per heavy atom. The Balaban J connectivity index is 0.000000180. The number of carbonyl (C=O) groups excluding carboxylic acids is 5. The van der Waals surface area contributed by atoms with Gasteiger partial charge >= 0.3 is 12.1 Å². The maximum Gasteiger partial charge on any atom is 0.471 e. The van der Waals surface area contributed by atoms with E-state index < -0.39 is 94.7 Å². The number of amidine groups is 2. The summed E-state index contributed by atoms with van der Waals surface area (Å²) in [5.74, 6) is -5.28. The summed E-state index contributed by atoms with van der Waals surface area (Å²) >= 11 is 26.7. The minimum atomic E-state index is -5.06. The lowest BCUT2D eigenvalue weighted by atomic mass is 9.81. The summed E-state index contributed by atoms with van der Waals surface area (Å²) in [6, 6.07) is 12.0. The van der Waals surface area contributed by atoms with E-state index >= 15 is 13.2 Å². The van der Waals surface area contributed by atoms with Crippen LogP contribution in [0.1, 0.15) is 141 Å². The number of hydrogen-bond donors (Lipinski definition) is 1. The van der Waals surface area contributed by atoms with Gasteiger partial charge in [-0.3, -0.25) is 24.0 Å². The first-order valence-corrected chi connectivity index (χ1v) is 36.8. The number of nitrogens with one attached hydrogen (secondary N) is 1. The van der Waals surface area contributed by atoms with Gasteiger partial charge in [0.25, 0.3) is 11.8 Å². The van der Waals surface area contributed by atoms with E-state index in [4.69, 9.17) is 56.4 Å². The molecule has 2 saturated carbocycles. The van der Waals surface area contributed by atoms with E-state index in [9.17, 15) is 41.5 Å². The number of amides is 5. The molecule has 8 aliphatic heterocycles. The van der Waals surface area contributed by atoms with Crippen LogP contribution in [0.15, 0.2) is 104 Å². The molecule has 10 aliphatic rings. The predicted molar refractivity (Wildman–Crippen MR) is 370 cm³/mol. The topological polar surface area (TPSA) is 171 Å². The van der Waals surface area contributed by atoms with Crippen molar-refractivity contribution in [1.82, 2.24) is 49.6 Å². The zero-order valence-corrected chi connectivity index (χ0v) is 60.7. The van der Waals surface area contributed by atoms with Crippen molar-refractivity contribution >= 4 is 110 Å². The molecule has 10 atom stereocenters. The molecule has 534 valence electrons. The largest absolute Gasteiger partial charge is 0.471 e. The molecule has 14 rings (SSSR count). The van der Waals surface area contributed by atoms with Crippen LogP contribution in [-0.4, -0.2) is 177 Å². The third-order valence-electron chi connectivity index (χ3n) is 21.4. The molecule has 2 aromatic carbocycles. The van der Waals surface area contributed by atoms with Crippen LogP contribution in [0.2, 0.25) is 20.4 Å². The van der Waals surface area contributed by atoms with Gasteiger partial charge in [-0.25, -0.2) is 37.5 Å². The van der Waals surface area contributed by atoms with Crippen LogP contribution >= 0.6 is 69.9 Å². The van der Waals surface area contributed by atoms with Gasteiger partial charge in [-0.1, -0.05) is 112 Å². The van der Waals surface area contributed by atoms with Crippen LogP contribution in [0.25, 0.3) is 0 Å². The van der Waals surface area contributed by atoms with Crippen LogP contribution in [0.3, 0.4) is 0 Å². The van der Waals surface area contributed by atoms with Gasteiger partial charge in [0.15, 0.2) is 10.3 Å². The molecule has 2 aliphatic carbocycles. The monoisotopic (exact) mass is 1500 g/mol. The minimum absolute atomic E-state index is 0.00182. The van der Waals surface area contributed by atoms with Crippen LogP contribution in [-0.2, 0) is 35.1 Å². The Morgan fingerprint density at radius 3 is 1.42 bits per heavy atom. The Bertz CT molecular complexity index is 4130. The first-order chi connectivity index (χ1) is 47.2. The summed E-state index contributed by atoms with van der Waals surface area (Å²) in [5.41, 5.74) is 0.687. The number of halogens is 11. The van der Waals surface area contributed by atoms with Gasteiger partial charge in [-0.05, 0) is 135 Å². The van der Waals surface area contributed by atoms with Crippen LogP contribution in [0, 0.1) is 23.5 Å². The molecule has 1 N–H and O–H groups in total. The van der Waals surface area contributed by atoms with Crippen molar-refractivity contribution in [2.45, 2.75) is 184 Å². The summed E-state index contributed by atoms with van der Waals surface area (Å²) < 4.78 is 101. The molecule has 2 spiro atoms. The van der Waals surface area contributed by atoms with E-state index in [1.807, 2.05) is 69.2 Å². The van der Waals surface area contributed by atoms with E-state index in [2.05, 4.69) is 15.3 Å². The highest BCUT2D eigenvalue weighted by atomic mass is 35.5. The standard InChI is InChI=1S/C36H37Cl2F5N6O3S.C34H38Cl2F2N6O2S/c1-5-22-16-48(32(52)36(41,42)43)35(10-11-35)17-47(22)30(50)25-13-21(39)15-46(25)31(51)28-27(18(2)3)49-29(19-6-8-23(37)24(40)12-19)34(4,45-33(49)53-28)20-7-9-26(38)44-14-20;1-5-22-15-40-34(10-11-34)17-43(22)30(45)25-13-21(37)16-42(25)31(46)28-27(18(2)3)44-29(19-6-8-23(35)24(38)12-19)33(4,41-32(44)47-28)20-7-9-26(36)39-14-20/h6-9,12,14,18,21-22,25,29H,5,10-11,13,15-17H2,1-4H3;6-9,12,14,18,21-22,25,29,40H,5,10-11,13,15-17H2,1-4H3/t21-,22-,25+,29-,34+;21-,22-,25+,29-,33+/m11/s1. The van der Waals surface area contributed by atoms with E-state index in [1.165, 1.54) is 50.7 Å². The Kier molecular flexibility index (Phi) is 19.4. The second kappa shape index (κ2) is 26.8. The lowest BCUT2D eigenvalue weighted by Gasteiger charge is -2.48.